The monoisotopic (exact) mass is 360 g/mol. The van der Waals surface area contributed by atoms with E-state index in [1.54, 1.807) is 24.3 Å². The van der Waals surface area contributed by atoms with E-state index >= 15 is 0 Å². The normalized spacial score (nSPS) is 15.4. The predicted molar refractivity (Wildman–Crippen MR) is 97.8 cm³/mol. The van der Waals surface area contributed by atoms with Crippen molar-refractivity contribution in [2.75, 3.05) is 19.0 Å². The van der Waals surface area contributed by atoms with E-state index < -0.39 is 5.97 Å². The minimum Gasteiger partial charge on any atom is -0.402 e. The van der Waals surface area contributed by atoms with Crippen LogP contribution in [0.3, 0.4) is 0 Å². The van der Waals surface area contributed by atoms with Crippen molar-refractivity contribution in [1.82, 2.24) is 0 Å². The number of hydrogen-bond donors (Lipinski definition) is 0. The highest BCUT2D eigenvalue weighted by molar-refractivity contribution is 6.37. The summed E-state index contributed by atoms with van der Waals surface area (Å²) in [6.07, 6.45) is 1.68. The lowest BCUT2D eigenvalue weighted by Gasteiger charge is -2.11. The van der Waals surface area contributed by atoms with Gasteiger partial charge in [0, 0.05) is 24.8 Å². The Labute approximate surface area is 150 Å². The highest BCUT2D eigenvalue weighted by Gasteiger charge is 2.25. The van der Waals surface area contributed by atoms with Crippen molar-refractivity contribution in [2.24, 2.45) is 4.99 Å². The molecule has 6 heteroatoms. The minimum atomic E-state index is -0.507. The number of aliphatic imine (C=N–C) groups is 1. The largest absolute Gasteiger partial charge is 0.402 e. The van der Waals surface area contributed by atoms with Crippen LogP contribution in [0, 0.1) is 0 Å². The van der Waals surface area contributed by atoms with Crippen LogP contribution in [0.2, 0.25) is 10.0 Å². The highest BCUT2D eigenvalue weighted by atomic mass is 35.5. The van der Waals surface area contributed by atoms with Gasteiger partial charge in [0.2, 0.25) is 5.90 Å². The molecular weight excluding hydrogens is 347 g/mol. The van der Waals surface area contributed by atoms with Gasteiger partial charge in [-0.15, -0.1) is 0 Å². The van der Waals surface area contributed by atoms with Gasteiger partial charge in [-0.25, -0.2) is 9.79 Å². The molecule has 0 aliphatic carbocycles. The van der Waals surface area contributed by atoms with Crippen molar-refractivity contribution in [2.45, 2.75) is 0 Å². The first kappa shape index (κ1) is 16.6. The van der Waals surface area contributed by atoms with Crippen molar-refractivity contribution >= 4 is 46.8 Å². The number of nitrogens with zero attached hydrogens (tertiary/aromatic N) is 2. The average Bonchev–Trinajstić information content (AvgIpc) is 2.88. The quantitative estimate of drug-likeness (QED) is 0.601. The van der Waals surface area contributed by atoms with Crippen molar-refractivity contribution in [3.63, 3.8) is 0 Å². The zero-order chi connectivity index (χ0) is 17.3. The second kappa shape index (κ2) is 6.67. The Balaban J connectivity index is 1.91. The van der Waals surface area contributed by atoms with Gasteiger partial charge in [-0.3, -0.25) is 0 Å². The summed E-state index contributed by atoms with van der Waals surface area (Å²) < 4.78 is 5.22. The van der Waals surface area contributed by atoms with Gasteiger partial charge in [0.15, 0.2) is 5.70 Å². The van der Waals surface area contributed by atoms with E-state index in [2.05, 4.69) is 4.99 Å². The van der Waals surface area contributed by atoms with Crippen molar-refractivity contribution < 1.29 is 9.53 Å². The van der Waals surface area contributed by atoms with Gasteiger partial charge < -0.3 is 9.64 Å². The molecule has 0 saturated carbocycles. The second-order valence-corrected chi connectivity index (χ2v) is 6.29. The molecule has 0 N–H and O–H groups in total. The molecule has 2 aromatic rings. The maximum atomic E-state index is 12.0. The van der Waals surface area contributed by atoms with E-state index in [1.807, 2.05) is 43.3 Å². The van der Waals surface area contributed by atoms with E-state index in [-0.39, 0.29) is 11.6 Å². The van der Waals surface area contributed by atoms with Crippen LogP contribution in [0.15, 0.2) is 53.2 Å². The number of carbonyl (C=O) groups excluding carboxylic acids is 1. The summed E-state index contributed by atoms with van der Waals surface area (Å²) in [5.41, 5.74) is 2.69. The van der Waals surface area contributed by atoms with Crippen molar-refractivity contribution in [3.05, 3.63) is 69.3 Å². The van der Waals surface area contributed by atoms with E-state index in [1.165, 1.54) is 0 Å². The van der Waals surface area contributed by atoms with Gasteiger partial charge in [-0.2, -0.15) is 0 Å². The number of anilines is 1. The van der Waals surface area contributed by atoms with E-state index in [4.69, 9.17) is 27.9 Å². The maximum absolute atomic E-state index is 12.0. The molecule has 0 amide bonds. The number of halogens is 2. The molecule has 0 saturated heterocycles. The van der Waals surface area contributed by atoms with Crippen molar-refractivity contribution in [3.8, 4) is 0 Å². The molecule has 1 heterocycles. The molecule has 3 rings (SSSR count). The fourth-order valence-corrected chi connectivity index (χ4v) is 2.70. The minimum absolute atomic E-state index is 0.179. The molecule has 0 radical (unpaired) electrons. The lowest BCUT2D eigenvalue weighted by atomic mass is 10.1. The van der Waals surface area contributed by atoms with Gasteiger partial charge in [0.25, 0.3) is 0 Å². The zero-order valence-corrected chi connectivity index (χ0v) is 14.6. The van der Waals surface area contributed by atoms with Crippen molar-refractivity contribution in [1.29, 1.82) is 0 Å². The fourth-order valence-electron chi connectivity index (χ4n) is 2.21. The van der Waals surface area contributed by atoms with Crippen LogP contribution in [0.4, 0.5) is 5.69 Å². The third kappa shape index (κ3) is 3.45. The number of carbonyl (C=O) groups is 1. The van der Waals surface area contributed by atoms with Gasteiger partial charge in [0.1, 0.15) is 0 Å². The molecule has 0 spiro atoms. The summed E-state index contributed by atoms with van der Waals surface area (Å²) in [4.78, 5) is 18.3. The Kier molecular flexibility index (Phi) is 4.60. The van der Waals surface area contributed by atoms with Crippen LogP contribution in [0.1, 0.15) is 11.1 Å². The van der Waals surface area contributed by atoms with Gasteiger partial charge >= 0.3 is 5.97 Å². The van der Waals surface area contributed by atoms with Crippen LogP contribution < -0.4 is 4.90 Å². The van der Waals surface area contributed by atoms with Crippen LogP contribution in [-0.4, -0.2) is 26.0 Å². The third-order valence-corrected chi connectivity index (χ3v) is 4.04. The average molecular weight is 361 g/mol. The van der Waals surface area contributed by atoms with E-state index in [0.29, 0.717) is 15.6 Å². The summed E-state index contributed by atoms with van der Waals surface area (Å²) in [6, 6.07) is 12.7. The smallest absolute Gasteiger partial charge is 0.363 e. The fraction of sp³-hybridized carbons (Fsp3) is 0.111. The lowest BCUT2D eigenvalue weighted by Crippen LogP contribution is -2.08. The zero-order valence-electron chi connectivity index (χ0n) is 13.1. The maximum Gasteiger partial charge on any atom is 0.363 e. The first-order valence-corrected chi connectivity index (χ1v) is 7.95. The van der Waals surface area contributed by atoms with Crippen LogP contribution in [0.25, 0.3) is 6.08 Å². The number of esters is 1. The van der Waals surface area contributed by atoms with Crippen LogP contribution in [-0.2, 0) is 9.53 Å². The summed E-state index contributed by atoms with van der Waals surface area (Å²) in [5, 5.41) is 0.885. The molecule has 0 fully saturated rings. The molecule has 2 aromatic carbocycles. The standard InChI is InChI=1S/C18H14Cl2N2O2/c1-22(2)13-6-3-11(4-7-13)9-16-18(23)24-17(21-16)14-8-5-12(19)10-15(14)20/h3-10H,1-2H3/b16-9+. The molecule has 0 bridgehead atoms. The molecule has 1 aliphatic heterocycles. The highest BCUT2D eigenvalue weighted by Crippen LogP contribution is 2.26. The van der Waals surface area contributed by atoms with Crippen LogP contribution >= 0.6 is 23.2 Å². The molecule has 24 heavy (non-hydrogen) atoms. The Morgan fingerprint density at radius 3 is 2.42 bits per heavy atom. The second-order valence-electron chi connectivity index (χ2n) is 5.45. The molecule has 1 aliphatic rings. The Morgan fingerprint density at radius 2 is 1.79 bits per heavy atom. The van der Waals surface area contributed by atoms with E-state index in [9.17, 15) is 4.79 Å². The number of benzene rings is 2. The SMILES string of the molecule is CN(C)c1ccc(/C=C2/N=C(c3ccc(Cl)cc3Cl)OC2=O)cc1. The first-order valence-electron chi connectivity index (χ1n) is 7.19. The van der Waals surface area contributed by atoms with Gasteiger partial charge in [-0.1, -0.05) is 35.3 Å². The topological polar surface area (TPSA) is 41.9 Å². The molecule has 122 valence electrons. The third-order valence-electron chi connectivity index (χ3n) is 3.49. The molecule has 0 unspecified atom stereocenters. The van der Waals surface area contributed by atoms with E-state index in [0.717, 1.165) is 11.3 Å². The Hall–Kier alpha value is -2.30. The lowest BCUT2D eigenvalue weighted by molar-refractivity contribution is -0.129. The Morgan fingerprint density at radius 1 is 1.08 bits per heavy atom. The number of cyclic esters (lactones) is 1. The summed E-state index contributed by atoms with van der Waals surface area (Å²) in [5.74, 6) is -0.328. The van der Waals surface area contributed by atoms with Crippen LogP contribution in [0.5, 0.6) is 0 Å². The summed E-state index contributed by atoms with van der Waals surface area (Å²) >= 11 is 12.0. The first-order chi connectivity index (χ1) is 11.4. The molecular formula is C18H14Cl2N2O2. The molecule has 0 atom stereocenters. The summed E-state index contributed by atoms with van der Waals surface area (Å²) in [7, 11) is 3.93. The Bertz CT molecular complexity index is 856. The van der Waals surface area contributed by atoms with Gasteiger partial charge in [-0.05, 0) is 42.0 Å². The number of rotatable bonds is 3. The predicted octanol–water partition coefficient (Wildman–Crippen LogP) is 4.40. The number of hydrogen-bond acceptors (Lipinski definition) is 4. The summed E-state index contributed by atoms with van der Waals surface area (Å²) in [6.45, 7) is 0. The molecule has 4 nitrogen and oxygen atoms in total. The molecule has 0 aromatic heterocycles. The van der Waals surface area contributed by atoms with Gasteiger partial charge in [0.05, 0.1) is 10.6 Å². The number of ether oxygens (including phenoxy) is 1.